The molecule has 0 atom stereocenters. The summed E-state index contributed by atoms with van der Waals surface area (Å²) in [6, 6.07) is 18.4. The van der Waals surface area contributed by atoms with Crippen LogP contribution >= 0.6 is 0 Å². The van der Waals surface area contributed by atoms with Crippen LogP contribution in [0.3, 0.4) is 0 Å². The Morgan fingerprint density at radius 1 is 1.10 bits per heavy atom. The van der Waals surface area contributed by atoms with Gasteiger partial charge in [-0.25, -0.2) is 9.07 Å². The first kappa shape index (κ1) is 21.8. The number of rotatable bonds is 8. The van der Waals surface area contributed by atoms with Crippen molar-refractivity contribution in [1.29, 1.82) is 5.26 Å². The van der Waals surface area contributed by atoms with Crippen molar-refractivity contribution in [3.8, 4) is 11.8 Å². The second-order valence-corrected chi connectivity index (χ2v) is 6.94. The van der Waals surface area contributed by atoms with Crippen LogP contribution in [-0.2, 0) is 12.8 Å². The number of aryl methyl sites for hydroxylation is 1. The van der Waals surface area contributed by atoms with Gasteiger partial charge in [-0.2, -0.15) is 10.4 Å². The molecule has 160 valence electrons. The van der Waals surface area contributed by atoms with Crippen LogP contribution in [0.25, 0.3) is 5.69 Å². The summed E-state index contributed by atoms with van der Waals surface area (Å²) in [5, 5.41) is 20.4. The van der Waals surface area contributed by atoms with E-state index in [1.165, 1.54) is 6.07 Å². The number of halogens is 1. The molecule has 0 amide bonds. The Kier molecular flexibility index (Phi) is 7.60. The number of aromatic nitrogens is 2. The molecule has 0 aliphatic carbocycles. The zero-order valence-corrected chi connectivity index (χ0v) is 17.5. The predicted molar refractivity (Wildman–Crippen MR) is 120 cm³/mol. The molecule has 0 bridgehead atoms. The minimum Gasteiger partial charge on any atom is -0.382 e. The first-order chi connectivity index (χ1) is 15.1. The number of anilines is 1. The van der Waals surface area contributed by atoms with E-state index in [2.05, 4.69) is 26.8 Å². The molecule has 7 nitrogen and oxygen atoms in total. The van der Waals surface area contributed by atoms with Gasteiger partial charge in [0.2, 0.25) is 0 Å². The molecule has 0 unspecified atom stereocenters. The fourth-order valence-electron chi connectivity index (χ4n) is 3.24. The molecule has 0 aliphatic rings. The molecule has 0 spiro atoms. The number of nitriles is 1. The molecule has 8 heteroatoms. The minimum atomic E-state index is -0.199. The molecule has 2 aromatic carbocycles. The lowest BCUT2D eigenvalue weighted by atomic mass is 10.1. The third-order valence-corrected chi connectivity index (χ3v) is 4.86. The summed E-state index contributed by atoms with van der Waals surface area (Å²) in [5.74, 6) is 0.795. The fraction of sp³-hybridized carbons (Fsp3) is 0.261. The normalized spacial score (nSPS) is 11.2. The van der Waals surface area contributed by atoms with Crippen molar-refractivity contribution in [3.63, 3.8) is 0 Å². The number of hydrogen-bond acceptors (Lipinski definition) is 4. The average molecular weight is 420 g/mol. The Hall–Kier alpha value is -3.86. The molecule has 3 aromatic rings. The fourth-order valence-corrected chi connectivity index (χ4v) is 3.24. The number of nitrogens with two attached hydrogens (primary N) is 1. The van der Waals surface area contributed by atoms with E-state index in [0.717, 1.165) is 12.1 Å². The minimum absolute atomic E-state index is 0.199. The quantitative estimate of drug-likeness (QED) is 0.296. The van der Waals surface area contributed by atoms with E-state index >= 15 is 0 Å². The smallest absolute Gasteiger partial charge is 0.190 e. The molecule has 31 heavy (non-hydrogen) atoms. The van der Waals surface area contributed by atoms with Crippen LogP contribution in [0.2, 0.25) is 0 Å². The van der Waals surface area contributed by atoms with Crippen molar-refractivity contribution in [2.24, 2.45) is 4.99 Å². The van der Waals surface area contributed by atoms with Crippen molar-refractivity contribution < 1.29 is 4.39 Å². The van der Waals surface area contributed by atoms with Crippen molar-refractivity contribution in [3.05, 3.63) is 77.2 Å². The number of nitrogen functional groups attached to an aromatic ring is 1. The van der Waals surface area contributed by atoms with E-state index in [-0.39, 0.29) is 5.82 Å². The lowest BCUT2D eigenvalue weighted by Crippen LogP contribution is -2.38. The van der Waals surface area contributed by atoms with Gasteiger partial charge in [0.1, 0.15) is 23.3 Å². The second-order valence-electron chi connectivity index (χ2n) is 6.94. The molecule has 0 saturated carbocycles. The van der Waals surface area contributed by atoms with Crippen molar-refractivity contribution in [2.45, 2.75) is 19.3 Å². The van der Waals surface area contributed by atoms with Gasteiger partial charge in [-0.3, -0.25) is 4.99 Å². The molecule has 3 rings (SSSR count). The van der Waals surface area contributed by atoms with E-state index in [0.29, 0.717) is 54.5 Å². The van der Waals surface area contributed by atoms with Crippen LogP contribution < -0.4 is 16.4 Å². The third kappa shape index (κ3) is 5.60. The summed E-state index contributed by atoms with van der Waals surface area (Å²) in [7, 11) is 1.69. The van der Waals surface area contributed by atoms with E-state index in [1.807, 2.05) is 36.4 Å². The molecular formula is C23H26FN7. The number of benzene rings is 2. The highest BCUT2D eigenvalue weighted by atomic mass is 19.1. The third-order valence-electron chi connectivity index (χ3n) is 4.86. The highest BCUT2D eigenvalue weighted by Gasteiger charge is 2.16. The van der Waals surface area contributed by atoms with Crippen LogP contribution in [-0.4, -0.2) is 35.9 Å². The Morgan fingerprint density at radius 3 is 2.52 bits per heavy atom. The van der Waals surface area contributed by atoms with Crippen molar-refractivity contribution in [1.82, 2.24) is 20.4 Å². The summed E-state index contributed by atoms with van der Waals surface area (Å²) in [6.45, 7) is 1.21. The number of para-hydroxylation sites is 1. The largest absolute Gasteiger partial charge is 0.382 e. The molecule has 1 aromatic heterocycles. The number of guanidine groups is 1. The summed E-state index contributed by atoms with van der Waals surface area (Å²) >= 11 is 0. The summed E-state index contributed by atoms with van der Waals surface area (Å²) in [5.41, 5.74) is 8.72. The first-order valence-electron chi connectivity index (χ1n) is 10.1. The molecule has 0 saturated heterocycles. The standard InChI is InChI=1S/C23H26FN7/c1-27-23(29-15-13-17-8-5-6-11-20(17)24)28-14-7-12-21-19(16-25)22(26)31(30-21)18-9-3-2-4-10-18/h2-6,8-11H,7,12-15,26H2,1H3,(H2,27,28,29). The lowest BCUT2D eigenvalue weighted by Gasteiger charge is -2.12. The SMILES string of the molecule is CN=C(NCCCc1nn(-c2ccccc2)c(N)c1C#N)NCCc1ccccc1F. The molecular weight excluding hydrogens is 393 g/mol. The Morgan fingerprint density at radius 2 is 1.81 bits per heavy atom. The molecule has 0 radical (unpaired) electrons. The zero-order valence-electron chi connectivity index (χ0n) is 17.5. The van der Waals surface area contributed by atoms with E-state index in [4.69, 9.17) is 5.73 Å². The van der Waals surface area contributed by atoms with Gasteiger partial charge in [0.25, 0.3) is 0 Å². The van der Waals surface area contributed by atoms with Gasteiger partial charge in [-0.15, -0.1) is 0 Å². The monoisotopic (exact) mass is 419 g/mol. The van der Waals surface area contributed by atoms with Gasteiger partial charge in [0.05, 0.1) is 11.4 Å². The topological polar surface area (TPSA) is 104 Å². The Balaban J connectivity index is 1.49. The average Bonchev–Trinajstić information content (AvgIpc) is 3.12. The summed E-state index contributed by atoms with van der Waals surface area (Å²) in [4.78, 5) is 4.19. The number of aliphatic imine (C=N–C) groups is 1. The van der Waals surface area contributed by atoms with Gasteiger partial charge in [-0.1, -0.05) is 36.4 Å². The first-order valence-corrected chi connectivity index (χ1v) is 10.1. The maximum Gasteiger partial charge on any atom is 0.190 e. The van der Waals surface area contributed by atoms with Gasteiger partial charge in [0.15, 0.2) is 5.96 Å². The predicted octanol–water partition coefficient (Wildman–Crippen LogP) is 2.81. The second kappa shape index (κ2) is 10.8. The number of nitrogens with zero attached hydrogens (tertiary/aromatic N) is 4. The maximum atomic E-state index is 13.7. The zero-order chi connectivity index (χ0) is 22.1. The lowest BCUT2D eigenvalue weighted by molar-refractivity contribution is 0.606. The Labute approximate surface area is 181 Å². The highest BCUT2D eigenvalue weighted by Crippen LogP contribution is 2.21. The van der Waals surface area contributed by atoms with Crippen molar-refractivity contribution >= 4 is 11.8 Å². The van der Waals surface area contributed by atoms with Crippen LogP contribution in [0.4, 0.5) is 10.2 Å². The summed E-state index contributed by atoms with van der Waals surface area (Å²) < 4.78 is 15.3. The van der Waals surface area contributed by atoms with Crippen LogP contribution in [0.1, 0.15) is 23.2 Å². The van der Waals surface area contributed by atoms with Gasteiger partial charge < -0.3 is 16.4 Å². The number of hydrogen-bond donors (Lipinski definition) is 3. The maximum absolute atomic E-state index is 13.7. The Bertz CT molecular complexity index is 1070. The summed E-state index contributed by atoms with van der Waals surface area (Å²) in [6.07, 6.45) is 1.91. The van der Waals surface area contributed by atoms with E-state index in [9.17, 15) is 9.65 Å². The van der Waals surface area contributed by atoms with Gasteiger partial charge >= 0.3 is 0 Å². The van der Waals surface area contributed by atoms with E-state index in [1.54, 1.807) is 23.9 Å². The van der Waals surface area contributed by atoms with Gasteiger partial charge in [-0.05, 0) is 43.0 Å². The molecule has 0 aliphatic heterocycles. The molecule has 1 heterocycles. The van der Waals surface area contributed by atoms with Crippen LogP contribution in [0, 0.1) is 17.1 Å². The molecule has 0 fully saturated rings. The highest BCUT2D eigenvalue weighted by molar-refractivity contribution is 5.79. The van der Waals surface area contributed by atoms with Crippen LogP contribution in [0.15, 0.2) is 59.6 Å². The van der Waals surface area contributed by atoms with Crippen LogP contribution in [0.5, 0.6) is 0 Å². The number of nitrogens with one attached hydrogen (secondary N) is 2. The van der Waals surface area contributed by atoms with Gasteiger partial charge in [0, 0.05) is 20.1 Å². The van der Waals surface area contributed by atoms with Crippen molar-refractivity contribution in [2.75, 3.05) is 25.9 Å². The van der Waals surface area contributed by atoms with E-state index < -0.39 is 0 Å². The molecule has 4 N–H and O–H groups in total.